The number of nitrogens with zero attached hydrogens (tertiary/aromatic N) is 1. The quantitative estimate of drug-likeness (QED) is 0.849. The van der Waals surface area contributed by atoms with Crippen molar-refractivity contribution in [2.45, 2.75) is 13.0 Å². The van der Waals surface area contributed by atoms with Gasteiger partial charge in [0, 0.05) is 17.3 Å². The normalized spacial score (nSPS) is 10.5. The van der Waals surface area contributed by atoms with Crippen molar-refractivity contribution in [3.05, 3.63) is 57.8 Å². The highest BCUT2D eigenvalue weighted by Crippen LogP contribution is 2.07. The minimum Gasteiger partial charge on any atom is -0.481 e. The van der Waals surface area contributed by atoms with Gasteiger partial charge >= 0.3 is 5.97 Å². The van der Waals surface area contributed by atoms with Crippen molar-refractivity contribution < 1.29 is 14.3 Å². The number of hydrogen-bond acceptors (Lipinski definition) is 2. The third kappa shape index (κ3) is 2.48. The number of benzene rings is 1. The van der Waals surface area contributed by atoms with E-state index in [4.69, 9.17) is 5.11 Å². The molecule has 6 heteroatoms. The summed E-state index contributed by atoms with van der Waals surface area (Å²) in [5.41, 5.74) is 0.0721. The van der Waals surface area contributed by atoms with Crippen LogP contribution in [0.5, 0.6) is 0 Å². The van der Waals surface area contributed by atoms with Gasteiger partial charge in [-0.2, -0.15) is 0 Å². The van der Waals surface area contributed by atoms with Crippen LogP contribution >= 0.6 is 0 Å². The topological polar surface area (TPSA) is 75.1 Å². The average molecular weight is 250 g/mol. The summed E-state index contributed by atoms with van der Waals surface area (Å²) in [7, 11) is 0. The van der Waals surface area contributed by atoms with Crippen molar-refractivity contribution >= 4 is 5.97 Å². The zero-order chi connectivity index (χ0) is 13.1. The molecule has 0 spiro atoms. The molecule has 2 aromatic rings. The lowest BCUT2D eigenvalue weighted by Gasteiger charge is -2.02. The molecule has 2 rings (SSSR count). The van der Waals surface area contributed by atoms with E-state index < -0.39 is 17.3 Å². The lowest BCUT2D eigenvalue weighted by atomic mass is 10.2. The second-order valence-electron chi connectivity index (χ2n) is 3.85. The van der Waals surface area contributed by atoms with Gasteiger partial charge in [0.05, 0.1) is 13.0 Å². The predicted molar refractivity (Wildman–Crippen MR) is 61.9 cm³/mol. The first kappa shape index (κ1) is 12.1. The van der Waals surface area contributed by atoms with E-state index in [0.29, 0.717) is 5.56 Å². The monoisotopic (exact) mass is 250 g/mol. The minimum atomic E-state index is -1.08. The van der Waals surface area contributed by atoms with Crippen molar-refractivity contribution in [3.63, 3.8) is 0 Å². The summed E-state index contributed by atoms with van der Waals surface area (Å²) >= 11 is 0. The number of nitrogens with one attached hydrogen (secondary N) is 1. The first-order valence-electron chi connectivity index (χ1n) is 5.30. The average Bonchev–Trinajstić information content (AvgIpc) is 2.64. The number of carbonyl (C=O) groups is 1. The van der Waals surface area contributed by atoms with Gasteiger partial charge in [-0.1, -0.05) is 18.2 Å². The molecule has 1 heterocycles. The van der Waals surface area contributed by atoms with Crippen LogP contribution in [0.1, 0.15) is 11.1 Å². The molecule has 94 valence electrons. The number of carboxylic acid groups (broad SMARTS) is 1. The zero-order valence-electron chi connectivity index (χ0n) is 9.39. The number of H-pyrrole nitrogens is 1. The first-order valence-corrected chi connectivity index (χ1v) is 5.30. The van der Waals surface area contributed by atoms with Gasteiger partial charge in [-0.05, 0) is 6.07 Å². The molecular weight excluding hydrogens is 239 g/mol. The molecule has 0 aliphatic carbocycles. The molecule has 0 saturated carbocycles. The number of carboxylic acids is 1. The Morgan fingerprint density at radius 3 is 2.72 bits per heavy atom. The minimum absolute atomic E-state index is 0.0468. The molecule has 5 nitrogen and oxygen atoms in total. The highest BCUT2D eigenvalue weighted by Gasteiger charge is 2.11. The number of halogens is 1. The summed E-state index contributed by atoms with van der Waals surface area (Å²) in [6, 6.07) is 6.11. The second kappa shape index (κ2) is 4.87. The molecule has 0 atom stereocenters. The molecule has 1 aromatic carbocycles. The molecule has 0 amide bonds. The summed E-state index contributed by atoms with van der Waals surface area (Å²) < 4.78 is 14.6. The molecule has 0 bridgehead atoms. The molecule has 0 unspecified atom stereocenters. The van der Waals surface area contributed by atoms with Crippen LogP contribution in [0, 0.1) is 5.82 Å². The Morgan fingerprint density at radius 1 is 1.33 bits per heavy atom. The molecule has 0 fully saturated rings. The van der Waals surface area contributed by atoms with Crippen LogP contribution in [0.15, 0.2) is 35.3 Å². The Bertz CT molecular complexity index is 630. The number of aliphatic carboxylic acids is 1. The van der Waals surface area contributed by atoms with Gasteiger partial charge in [0.25, 0.3) is 5.56 Å². The van der Waals surface area contributed by atoms with Gasteiger partial charge in [0.1, 0.15) is 5.82 Å². The lowest BCUT2D eigenvalue weighted by molar-refractivity contribution is -0.136. The zero-order valence-corrected chi connectivity index (χ0v) is 9.39. The van der Waals surface area contributed by atoms with Gasteiger partial charge in [0.15, 0.2) is 0 Å². The van der Waals surface area contributed by atoms with E-state index in [9.17, 15) is 14.0 Å². The highest BCUT2D eigenvalue weighted by atomic mass is 19.1. The van der Waals surface area contributed by atoms with E-state index in [2.05, 4.69) is 5.10 Å². The van der Waals surface area contributed by atoms with Crippen LogP contribution in [0.25, 0.3) is 0 Å². The summed E-state index contributed by atoms with van der Waals surface area (Å²) in [6.45, 7) is 0.0468. The van der Waals surface area contributed by atoms with E-state index in [1.54, 1.807) is 18.2 Å². The maximum Gasteiger partial charge on any atom is 0.308 e. The molecular formula is C12H11FN2O3. The number of aromatic amines is 1. The fourth-order valence-corrected chi connectivity index (χ4v) is 1.65. The van der Waals surface area contributed by atoms with Crippen LogP contribution < -0.4 is 5.56 Å². The maximum absolute atomic E-state index is 13.4. The Morgan fingerprint density at radius 2 is 2.06 bits per heavy atom. The third-order valence-electron chi connectivity index (χ3n) is 2.54. The second-order valence-corrected chi connectivity index (χ2v) is 3.85. The third-order valence-corrected chi connectivity index (χ3v) is 2.54. The van der Waals surface area contributed by atoms with Gasteiger partial charge < -0.3 is 10.2 Å². The summed E-state index contributed by atoms with van der Waals surface area (Å²) in [5.74, 6) is -1.48. The Labute approximate surface area is 101 Å². The van der Waals surface area contributed by atoms with E-state index in [-0.39, 0.29) is 18.5 Å². The summed E-state index contributed by atoms with van der Waals surface area (Å²) in [5, 5.41) is 11.2. The standard InChI is InChI=1S/C12H11FN2O3/c13-10-4-2-1-3-8(10)7-15-12(18)9(6-14-15)5-11(16)17/h1-4,6,14H,5,7H2,(H,16,17). The molecule has 0 aliphatic rings. The fourth-order valence-electron chi connectivity index (χ4n) is 1.65. The number of hydrogen-bond donors (Lipinski definition) is 2. The van der Waals surface area contributed by atoms with E-state index in [0.717, 1.165) is 0 Å². The first-order chi connectivity index (χ1) is 8.58. The molecule has 1 aromatic heterocycles. The Kier molecular flexibility index (Phi) is 3.27. The van der Waals surface area contributed by atoms with Crippen LogP contribution in [0.3, 0.4) is 0 Å². The summed E-state index contributed by atoms with van der Waals surface area (Å²) in [4.78, 5) is 22.3. The van der Waals surface area contributed by atoms with Crippen molar-refractivity contribution in [2.75, 3.05) is 0 Å². The van der Waals surface area contributed by atoms with Crippen LogP contribution in [0.4, 0.5) is 4.39 Å². The SMILES string of the molecule is O=C(O)Cc1c[nH]n(Cc2ccccc2F)c1=O. The van der Waals surface area contributed by atoms with Crippen LogP contribution in [0.2, 0.25) is 0 Å². The molecule has 0 radical (unpaired) electrons. The van der Waals surface area contributed by atoms with Gasteiger partial charge in [-0.3, -0.25) is 9.59 Å². The smallest absolute Gasteiger partial charge is 0.308 e. The maximum atomic E-state index is 13.4. The number of aromatic nitrogens is 2. The highest BCUT2D eigenvalue weighted by molar-refractivity contribution is 5.69. The van der Waals surface area contributed by atoms with E-state index >= 15 is 0 Å². The molecule has 2 N–H and O–H groups in total. The largest absolute Gasteiger partial charge is 0.481 e. The van der Waals surface area contributed by atoms with Crippen molar-refractivity contribution in [1.29, 1.82) is 0 Å². The van der Waals surface area contributed by atoms with Crippen LogP contribution in [-0.4, -0.2) is 20.9 Å². The predicted octanol–water partition coefficient (Wildman–Crippen LogP) is 0.991. The lowest BCUT2D eigenvalue weighted by Crippen LogP contribution is -2.21. The molecule has 0 aliphatic heterocycles. The van der Waals surface area contributed by atoms with Crippen molar-refractivity contribution in [2.24, 2.45) is 0 Å². The van der Waals surface area contributed by atoms with Gasteiger partial charge in [-0.15, -0.1) is 0 Å². The Balaban J connectivity index is 2.26. The van der Waals surface area contributed by atoms with Crippen LogP contribution in [-0.2, 0) is 17.8 Å². The summed E-state index contributed by atoms with van der Waals surface area (Å²) in [6.07, 6.45) is 0.983. The fraction of sp³-hybridized carbons (Fsp3) is 0.167. The molecule has 18 heavy (non-hydrogen) atoms. The van der Waals surface area contributed by atoms with Crippen molar-refractivity contribution in [3.8, 4) is 0 Å². The van der Waals surface area contributed by atoms with E-state index in [1.165, 1.54) is 16.9 Å². The Hall–Kier alpha value is -2.37. The molecule has 0 saturated heterocycles. The van der Waals surface area contributed by atoms with Gasteiger partial charge in [-0.25, -0.2) is 9.07 Å². The van der Waals surface area contributed by atoms with Crippen molar-refractivity contribution in [1.82, 2.24) is 9.78 Å². The van der Waals surface area contributed by atoms with Gasteiger partial charge in [0.2, 0.25) is 0 Å². The number of rotatable bonds is 4. The van der Waals surface area contributed by atoms with E-state index in [1.807, 2.05) is 0 Å².